The Morgan fingerprint density at radius 3 is 2.65 bits per heavy atom. The lowest BCUT2D eigenvalue weighted by molar-refractivity contribution is 0.00291. The van der Waals surface area contributed by atoms with Gasteiger partial charge >= 0.3 is 0 Å². The standard InChI is InChI=1S/C13H22N2O2/c1-9-6-5-7-13(9,16)8-10-14-11(15-17-10)12(2,3)4/h9,16H,5-8H2,1-4H3/t9-,13-/m1/s1. The molecule has 1 fully saturated rings. The molecule has 0 spiro atoms. The number of hydrogen-bond acceptors (Lipinski definition) is 4. The smallest absolute Gasteiger partial charge is 0.229 e. The molecule has 1 aliphatic carbocycles. The number of nitrogens with zero attached hydrogens (tertiary/aromatic N) is 2. The van der Waals surface area contributed by atoms with Crippen LogP contribution >= 0.6 is 0 Å². The van der Waals surface area contributed by atoms with Crippen LogP contribution in [0.4, 0.5) is 0 Å². The minimum Gasteiger partial charge on any atom is -0.389 e. The van der Waals surface area contributed by atoms with Crippen molar-refractivity contribution >= 4 is 0 Å². The minimum absolute atomic E-state index is 0.105. The van der Waals surface area contributed by atoms with Crippen molar-refractivity contribution in [1.82, 2.24) is 10.1 Å². The zero-order chi connectivity index (χ0) is 12.7. The van der Waals surface area contributed by atoms with Gasteiger partial charge < -0.3 is 9.63 Å². The van der Waals surface area contributed by atoms with Crippen molar-refractivity contribution in [2.75, 3.05) is 0 Å². The molecule has 1 aromatic rings. The lowest BCUT2D eigenvalue weighted by Gasteiger charge is -2.25. The molecular formula is C13H22N2O2. The monoisotopic (exact) mass is 238 g/mol. The van der Waals surface area contributed by atoms with Gasteiger partial charge in [-0.2, -0.15) is 4.98 Å². The molecule has 1 N–H and O–H groups in total. The maximum atomic E-state index is 10.5. The van der Waals surface area contributed by atoms with E-state index in [1.54, 1.807) is 0 Å². The van der Waals surface area contributed by atoms with E-state index in [1.807, 2.05) is 0 Å². The highest BCUT2D eigenvalue weighted by atomic mass is 16.5. The third kappa shape index (κ3) is 2.51. The van der Waals surface area contributed by atoms with Gasteiger partial charge in [-0.1, -0.05) is 39.3 Å². The number of aromatic nitrogens is 2. The van der Waals surface area contributed by atoms with E-state index in [2.05, 4.69) is 37.8 Å². The van der Waals surface area contributed by atoms with Gasteiger partial charge in [-0.25, -0.2) is 0 Å². The molecular weight excluding hydrogens is 216 g/mol. The first-order valence-corrected chi connectivity index (χ1v) is 6.37. The average molecular weight is 238 g/mol. The van der Waals surface area contributed by atoms with E-state index in [9.17, 15) is 5.11 Å². The molecule has 1 saturated carbocycles. The summed E-state index contributed by atoms with van der Waals surface area (Å²) in [6.07, 6.45) is 3.48. The summed E-state index contributed by atoms with van der Waals surface area (Å²) in [4.78, 5) is 4.39. The molecule has 1 aliphatic rings. The number of hydrogen-bond donors (Lipinski definition) is 1. The normalized spacial score (nSPS) is 29.8. The van der Waals surface area contributed by atoms with Gasteiger partial charge in [0, 0.05) is 5.41 Å². The summed E-state index contributed by atoms with van der Waals surface area (Å²) in [5.74, 6) is 1.58. The fraction of sp³-hybridized carbons (Fsp3) is 0.846. The Morgan fingerprint density at radius 1 is 1.47 bits per heavy atom. The van der Waals surface area contributed by atoms with Crippen LogP contribution in [0.5, 0.6) is 0 Å². The summed E-state index contributed by atoms with van der Waals surface area (Å²) in [5, 5.41) is 14.5. The molecule has 4 heteroatoms. The molecule has 2 atom stereocenters. The van der Waals surface area contributed by atoms with Crippen molar-refractivity contribution in [2.45, 2.75) is 64.4 Å². The topological polar surface area (TPSA) is 59.2 Å². The van der Waals surface area contributed by atoms with E-state index in [0.29, 0.717) is 24.1 Å². The zero-order valence-electron chi connectivity index (χ0n) is 11.2. The molecule has 17 heavy (non-hydrogen) atoms. The largest absolute Gasteiger partial charge is 0.389 e. The van der Waals surface area contributed by atoms with Gasteiger partial charge in [0.2, 0.25) is 5.89 Å². The van der Waals surface area contributed by atoms with Crippen LogP contribution in [0.25, 0.3) is 0 Å². The second-order valence-corrected chi connectivity index (χ2v) is 6.34. The Kier molecular flexibility index (Phi) is 3.02. The van der Waals surface area contributed by atoms with Crippen molar-refractivity contribution in [3.8, 4) is 0 Å². The van der Waals surface area contributed by atoms with Gasteiger partial charge in [-0.15, -0.1) is 0 Å². The zero-order valence-corrected chi connectivity index (χ0v) is 11.2. The first kappa shape index (κ1) is 12.6. The van der Waals surface area contributed by atoms with Gasteiger partial charge in [0.15, 0.2) is 5.82 Å². The minimum atomic E-state index is -0.651. The fourth-order valence-electron chi connectivity index (χ4n) is 2.39. The average Bonchev–Trinajstić information content (AvgIpc) is 2.75. The number of aliphatic hydroxyl groups is 1. The van der Waals surface area contributed by atoms with Gasteiger partial charge in [0.05, 0.1) is 12.0 Å². The van der Waals surface area contributed by atoms with Crippen LogP contribution < -0.4 is 0 Å². The summed E-state index contributed by atoms with van der Waals surface area (Å²) in [6, 6.07) is 0. The van der Waals surface area contributed by atoms with Gasteiger partial charge in [-0.05, 0) is 18.8 Å². The molecule has 0 amide bonds. The Bertz CT molecular complexity index is 394. The maximum Gasteiger partial charge on any atom is 0.229 e. The van der Waals surface area contributed by atoms with E-state index >= 15 is 0 Å². The lowest BCUT2D eigenvalue weighted by atomic mass is 9.89. The lowest BCUT2D eigenvalue weighted by Crippen LogP contribution is -2.34. The fourth-order valence-corrected chi connectivity index (χ4v) is 2.39. The summed E-state index contributed by atoms with van der Waals surface area (Å²) in [6.45, 7) is 8.24. The third-order valence-electron chi connectivity index (χ3n) is 3.76. The molecule has 96 valence electrons. The first-order valence-electron chi connectivity index (χ1n) is 6.37. The molecule has 0 bridgehead atoms. The number of rotatable bonds is 2. The summed E-state index contributed by atoms with van der Waals surface area (Å²) < 4.78 is 5.25. The third-order valence-corrected chi connectivity index (χ3v) is 3.76. The quantitative estimate of drug-likeness (QED) is 0.859. The molecule has 0 saturated heterocycles. The van der Waals surface area contributed by atoms with Crippen molar-refractivity contribution in [1.29, 1.82) is 0 Å². The molecule has 4 nitrogen and oxygen atoms in total. The van der Waals surface area contributed by atoms with E-state index in [4.69, 9.17) is 4.52 Å². The van der Waals surface area contributed by atoms with Crippen LogP contribution in [0.2, 0.25) is 0 Å². The highest BCUT2D eigenvalue weighted by Crippen LogP contribution is 2.37. The predicted molar refractivity (Wildman–Crippen MR) is 64.7 cm³/mol. The van der Waals surface area contributed by atoms with E-state index in [0.717, 1.165) is 19.3 Å². The predicted octanol–water partition coefficient (Wildman–Crippen LogP) is 2.46. The molecule has 0 aliphatic heterocycles. The SMILES string of the molecule is C[C@@H]1CCC[C@@]1(O)Cc1nc(C(C)(C)C)no1. The van der Waals surface area contributed by atoms with Crippen LogP contribution in [0, 0.1) is 5.92 Å². The van der Waals surface area contributed by atoms with E-state index in [1.165, 1.54) is 0 Å². The highest BCUT2D eigenvalue weighted by Gasteiger charge is 2.40. The Labute approximate surface area is 102 Å². The van der Waals surface area contributed by atoms with Crippen molar-refractivity contribution in [2.24, 2.45) is 5.92 Å². The second-order valence-electron chi connectivity index (χ2n) is 6.34. The summed E-state index contributed by atoms with van der Waals surface area (Å²) in [5.41, 5.74) is -0.757. The second kappa shape index (κ2) is 4.09. The van der Waals surface area contributed by atoms with Crippen molar-refractivity contribution < 1.29 is 9.63 Å². The van der Waals surface area contributed by atoms with E-state index in [-0.39, 0.29) is 5.41 Å². The maximum absolute atomic E-state index is 10.5. The molecule has 0 radical (unpaired) electrons. The Hall–Kier alpha value is -0.900. The molecule has 0 unspecified atom stereocenters. The first-order chi connectivity index (χ1) is 7.81. The van der Waals surface area contributed by atoms with E-state index < -0.39 is 5.60 Å². The Morgan fingerprint density at radius 2 is 2.18 bits per heavy atom. The Balaban J connectivity index is 2.12. The van der Waals surface area contributed by atoms with Gasteiger partial charge in [0.1, 0.15) is 0 Å². The highest BCUT2D eigenvalue weighted by molar-refractivity contribution is 5.03. The van der Waals surface area contributed by atoms with Crippen LogP contribution in [-0.2, 0) is 11.8 Å². The van der Waals surface area contributed by atoms with Crippen LogP contribution in [0.3, 0.4) is 0 Å². The van der Waals surface area contributed by atoms with Crippen molar-refractivity contribution in [3.05, 3.63) is 11.7 Å². The summed E-state index contributed by atoms with van der Waals surface area (Å²) >= 11 is 0. The molecule has 0 aromatic carbocycles. The van der Waals surface area contributed by atoms with Gasteiger partial charge in [0.25, 0.3) is 0 Å². The van der Waals surface area contributed by atoms with Crippen molar-refractivity contribution in [3.63, 3.8) is 0 Å². The molecule has 2 rings (SSSR count). The van der Waals surface area contributed by atoms with Crippen LogP contribution in [-0.4, -0.2) is 20.8 Å². The van der Waals surface area contributed by atoms with Crippen LogP contribution in [0.15, 0.2) is 4.52 Å². The van der Waals surface area contributed by atoms with Gasteiger partial charge in [-0.3, -0.25) is 0 Å². The molecule has 1 aromatic heterocycles. The molecule has 1 heterocycles. The van der Waals surface area contributed by atoms with Crippen LogP contribution in [0.1, 0.15) is 58.7 Å². The summed E-state index contributed by atoms with van der Waals surface area (Å²) in [7, 11) is 0.